The van der Waals surface area contributed by atoms with Crippen LogP contribution in [0, 0.1) is 11.3 Å². The van der Waals surface area contributed by atoms with Gasteiger partial charge in [-0.2, -0.15) is 5.26 Å². The largest absolute Gasteiger partial charge is 0.477 e. The molecule has 34 heavy (non-hydrogen) atoms. The molecule has 0 unspecified atom stereocenters. The van der Waals surface area contributed by atoms with E-state index >= 15 is 0 Å². The molecule has 0 radical (unpaired) electrons. The molecule has 0 spiro atoms. The van der Waals surface area contributed by atoms with Gasteiger partial charge in [-0.1, -0.05) is 5.16 Å². The number of oxime groups is 1. The van der Waals surface area contributed by atoms with Crippen molar-refractivity contribution in [3.05, 3.63) is 37.8 Å². The normalized spacial score (nSPS) is 19.9. The third-order valence-electron chi connectivity index (χ3n) is 4.78. The monoisotopic (exact) mass is 537 g/mol. The number of carboxylic acids is 1. The fourth-order valence-corrected chi connectivity index (χ4v) is 7.07. The average Bonchev–Trinajstić information content (AvgIpc) is 3.46. The van der Waals surface area contributed by atoms with Crippen LogP contribution in [0.5, 0.6) is 0 Å². The molecule has 0 aliphatic carbocycles. The first-order chi connectivity index (χ1) is 16.3. The summed E-state index contributed by atoms with van der Waals surface area (Å²) in [5, 5.41) is 36.5. The molecule has 1 fully saturated rings. The lowest BCUT2D eigenvalue weighted by molar-refractivity contribution is -0.150. The van der Waals surface area contributed by atoms with Crippen molar-refractivity contribution < 1.29 is 24.7 Å². The van der Waals surface area contributed by atoms with E-state index in [-0.39, 0.29) is 16.5 Å². The van der Waals surface area contributed by atoms with Gasteiger partial charge in [0.2, 0.25) is 0 Å². The van der Waals surface area contributed by atoms with Crippen molar-refractivity contribution in [2.24, 2.45) is 5.16 Å². The van der Waals surface area contributed by atoms with E-state index in [0.717, 1.165) is 21.9 Å². The van der Waals surface area contributed by atoms with Gasteiger partial charge in [-0.25, -0.2) is 14.8 Å². The smallest absolute Gasteiger partial charge is 0.353 e. The summed E-state index contributed by atoms with van der Waals surface area (Å²) in [4.78, 5) is 47.1. The number of carboxylic acid groups (broad SMARTS) is 1. The number of carbonyl (C=O) groups is 3. The Hall–Kier alpha value is -3.13. The number of rotatable bonds is 8. The molecule has 2 aromatic rings. The van der Waals surface area contributed by atoms with Gasteiger partial charge in [0.05, 0.1) is 5.69 Å². The number of hydrogen-bond donors (Lipinski definition) is 4. The molecule has 176 valence electrons. The number of nitrogens with zero attached hydrogens (tertiary/aromatic N) is 5. The number of thiazole rings is 2. The lowest BCUT2D eigenvalue weighted by Gasteiger charge is -2.49. The van der Waals surface area contributed by atoms with Crippen molar-refractivity contribution in [3.8, 4) is 6.07 Å². The number of hydrogen-bond acceptors (Lipinski definition) is 13. The molecular formula is C18H15N7O5S4. The van der Waals surface area contributed by atoms with Crippen LogP contribution < -0.4 is 11.1 Å². The maximum atomic E-state index is 12.8. The zero-order valence-corrected chi connectivity index (χ0v) is 20.3. The summed E-state index contributed by atoms with van der Waals surface area (Å²) in [6.07, 6.45) is 0.546. The second-order valence-corrected chi connectivity index (χ2v) is 10.9. The maximum Gasteiger partial charge on any atom is 0.353 e. The second-order valence-electron chi connectivity index (χ2n) is 6.81. The number of amides is 2. The van der Waals surface area contributed by atoms with Crippen molar-refractivity contribution in [1.82, 2.24) is 20.2 Å². The standard InChI is InChI=1S/C18H15N7O5S4/c19-3-10-21-7(4-32-10)1-2-31-9-6-33-16-12(15(27)25(16)13(9)17(28)29)23-14(26)11(24-30)8-5-34-18(20)22-8/h4-5,12,16,30H,1-2,6H2,(H2,20,22)(H,23,26)(H,28,29)/b24-11-/t12-,16-/m1/s1. The summed E-state index contributed by atoms with van der Waals surface area (Å²) >= 11 is 4.95. The number of nitrogens with two attached hydrogens (primary N) is 1. The lowest BCUT2D eigenvalue weighted by Crippen LogP contribution is -2.71. The predicted octanol–water partition coefficient (Wildman–Crippen LogP) is 0.904. The number of nitrogens with one attached hydrogen (secondary N) is 1. The van der Waals surface area contributed by atoms with Gasteiger partial charge in [0, 0.05) is 27.2 Å². The van der Waals surface area contributed by atoms with Crippen LogP contribution in [0.3, 0.4) is 0 Å². The molecule has 0 aromatic carbocycles. The van der Waals surface area contributed by atoms with Gasteiger partial charge in [0.25, 0.3) is 11.8 Å². The lowest BCUT2D eigenvalue weighted by atomic mass is 10.0. The first kappa shape index (κ1) is 24.0. The zero-order chi connectivity index (χ0) is 24.4. The molecule has 2 atom stereocenters. The van der Waals surface area contributed by atoms with Gasteiger partial charge in [-0.05, 0) is 6.42 Å². The molecule has 4 heterocycles. The average molecular weight is 538 g/mol. The van der Waals surface area contributed by atoms with Crippen molar-refractivity contribution in [1.29, 1.82) is 5.26 Å². The van der Waals surface area contributed by atoms with Crippen LogP contribution in [0.25, 0.3) is 0 Å². The molecule has 0 saturated carbocycles. The highest BCUT2D eigenvalue weighted by atomic mass is 32.2. The number of nitrogen functional groups attached to an aromatic ring is 1. The Balaban J connectivity index is 1.43. The maximum absolute atomic E-state index is 12.8. The van der Waals surface area contributed by atoms with Crippen LogP contribution in [0.4, 0.5) is 5.13 Å². The molecule has 0 bridgehead atoms. The molecule has 2 aliphatic heterocycles. The van der Waals surface area contributed by atoms with E-state index in [1.165, 1.54) is 40.2 Å². The SMILES string of the molecule is N#Cc1nc(CCSC2=C(C(=O)O)N3C(=O)[C@@H](NC(=O)/C(=N\O)c4csc(N)n4)[C@H]3SC2)cs1. The minimum Gasteiger partial charge on any atom is -0.477 e. The number of thioether (sulfide) groups is 2. The van der Waals surface area contributed by atoms with E-state index in [9.17, 15) is 24.7 Å². The third-order valence-corrected chi connectivity index (χ3v) is 8.81. The molecule has 4 rings (SSSR count). The summed E-state index contributed by atoms with van der Waals surface area (Å²) in [5.74, 6) is -1.76. The predicted molar refractivity (Wildman–Crippen MR) is 128 cm³/mol. The van der Waals surface area contributed by atoms with Crippen LogP contribution in [-0.2, 0) is 20.8 Å². The van der Waals surface area contributed by atoms with Gasteiger partial charge >= 0.3 is 5.97 Å². The zero-order valence-electron chi connectivity index (χ0n) is 17.0. The van der Waals surface area contributed by atoms with Crippen molar-refractivity contribution in [2.75, 3.05) is 17.2 Å². The Morgan fingerprint density at radius 3 is 2.79 bits per heavy atom. The molecule has 5 N–H and O–H groups in total. The van der Waals surface area contributed by atoms with E-state index in [1.54, 1.807) is 5.38 Å². The first-order valence-electron chi connectivity index (χ1n) is 9.46. The topological polar surface area (TPSA) is 195 Å². The summed E-state index contributed by atoms with van der Waals surface area (Å²) in [6, 6.07) is 0.996. The van der Waals surface area contributed by atoms with Crippen LogP contribution >= 0.6 is 46.2 Å². The molecule has 2 amide bonds. The summed E-state index contributed by atoms with van der Waals surface area (Å²) in [5.41, 5.74) is 5.86. The van der Waals surface area contributed by atoms with Crippen LogP contribution in [0.1, 0.15) is 16.4 Å². The van der Waals surface area contributed by atoms with Gasteiger partial charge < -0.3 is 21.4 Å². The molecule has 2 aliphatic rings. The minimum atomic E-state index is -1.23. The Morgan fingerprint density at radius 1 is 1.38 bits per heavy atom. The Morgan fingerprint density at radius 2 is 2.18 bits per heavy atom. The fourth-order valence-electron chi connectivity index (χ4n) is 3.27. The van der Waals surface area contributed by atoms with Gasteiger partial charge in [-0.3, -0.25) is 14.5 Å². The van der Waals surface area contributed by atoms with Crippen molar-refractivity contribution >= 4 is 74.8 Å². The highest BCUT2D eigenvalue weighted by Gasteiger charge is 2.54. The molecule has 1 saturated heterocycles. The number of aliphatic carboxylic acids is 1. The van der Waals surface area contributed by atoms with Crippen LogP contribution in [0.2, 0.25) is 0 Å². The van der Waals surface area contributed by atoms with Crippen LogP contribution in [-0.4, -0.2) is 71.6 Å². The highest BCUT2D eigenvalue weighted by molar-refractivity contribution is 8.06. The first-order valence-corrected chi connectivity index (χ1v) is 13.3. The summed E-state index contributed by atoms with van der Waals surface area (Å²) in [7, 11) is 0. The number of fused-ring (bicyclic) bond motifs is 1. The number of aromatic nitrogens is 2. The second kappa shape index (κ2) is 10.0. The Labute approximate surface area is 208 Å². The van der Waals surface area contributed by atoms with Crippen molar-refractivity contribution in [3.63, 3.8) is 0 Å². The number of anilines is 1. The Kier molecular flexibility index (Phi) is 7.07. The summed E-state index contributed by atoms with van der Waals surface area (Å²) in [6.45, 7) is 0. The van der Waals surface area contributed by atoms with E-state index in [1.807, 2.05) is 6.07 Å². The number of carbonyl (C=O) groups excluding carboxylic acids is 2. The quantitative estimate of drug-likeness (QED) is 0.162. The molecule has 16 heteroatoms. The fraction of sp³-hybridized carbons (Fsp3) is 0.278. The number of aryl methyl sites for hydroxylation is 1. The van der Waals surface area contributed by atoms with E-state index in [4.69, 9.17) is 11.0 Å². The van der Waals surface area contributed by atoms with Gasteiger partial charge in [-0.15, -0.1) is 46.2 Å². The Bertz CT molecular complexity index is 1260. The highest BCUT2D eigenvalue weighted by Crippen LogP contribution is 2.43. The van der Waals surface area contributed by atoms with E-state index in [2.05, 4.69) is 20.4 Å². The summed E-state index contributed by atoms with van der Waals surface area (Å²) < 4.78 is 0. The molecule has 2 aromatic heterocycles. The number of β-lactam (4-membered cyclic amide) rings is 1. The van der Waals surface area contributed by atoms with Gasteiger partial charge in [0.15, 0.2) is 15.9 Å². The van der Waals surface area contributed by atoms with E-state index in [0.29, 0.717) is 27.8 Å². The van der Waals surface area contributed by atoms with Gasteiger partial charge in [0.1, 0.15) is 28.9 Å². The molecular weight excluding hydrogens is 523 g/mol. The molecule has 12 nitrogen and oxygen atoms in total. The van der Waals surface area contributed by atoms with E-state index < -0.39 is 34.9 Å². The third kappa shape index (κ3) is 4.59. The van der Waals surface area contributed by atoms with Crippen molar-refractivity contribution in [2.45, 2.75) is 17.8 Å². The van der Waals surface area contributed by atoms with Crippen LogP contribution in [0.15, 0.2) is 26.5 Å². The minimum absolute atomic E-state index is 0.0641. The number of nitriles is 1.